The van der Waals surface area contributed by atoms with Crippen LogP contribution in [0.4, 0.5) is 0 Å². The molecule has 1 fully saturated rings. The van der Waals surface area contributed by atoms with Crippen LogP contribution in [-0.2, 0) is 9.59 Å². The predicted molar refractivity (Wildman–Crippen MR) is 52.2 cm³/mol. The van der Waals surface area contributed by atoms with Gasteiger partial charge in [0, 0.05) is 6.04 Å². The van der Waals surface area contributed by atoms with Gasteiger partial charge in [0.05, 0.1) is 12.5 Å². The van der Waals surface area contributed by atoms with Crippen LogP contribution in [0.3, 0.4) is 0 Å². The van der Waals surface area contributed by atoms with Crippen molar-refractivity contribution in [1.29, 1.82) is 0 Å². The Hall–Kier alpha value is -1.14. The highest BCUT2D eigenvalue weighted by Crippen LogP contribution is 2.15. The molecule has 0 spiro atoms. The van der Waals surface area contributed by atoms with Gasteiger partial charge in [-0.15, -0.1) is 0 Å². The molecule has 3 atom stereocenters. The number of carbonyl (C=O) groups excluding carboxylic acids is 1. The number of carboxylic acids is 1. The number of aliphatic hydroxyl groups excluding tert-OH is 1. The fourth-order valence-electron chi connectivity index (χ4n) is 1.68. The van der Waals surface area contributed by atoms with Gasteiger partial charge in [0.15, 0.2) is 0 Å². The Morgan fingerprint density at radius 1 is 1.60 bits per heavy atom. The zero-order valence-electron chi connectivity index (χ0n) is 8.56. The fraction of sp³-hybridized carbons (Fsp3) is 0.778. The average molecular weight is 216 g/mol. The molecule has 0 aromatic heterocycles. The van der Waals surface area contributed by atoms with Crippen molar-refractivity contribution in [2.24, 2.45) is 5.92 Å². The maximum atomic E-state index is 11.6. The average Bonchev–Trinajstić information content (AvgIpc) is 2.60. The largest absolute Gasteiger partial charge is 0.480 e. The minimum atomic E-state index is -1.22. The van der Waals surface area contributed by atoms with E-state index in [1.807, 2.05) is 6.92 Å². The van der Waals surface area contributed by atoms with Gasteiger partial charge in [-0.25, -0.2) is 4.79 Å². The number of carboxylic acid groups (broad SMARTS) is 1. The first-order valence-electron chi connectivity index (χ1n) is 4.93. The molecule has 3 unspecified atom stereocenters. The van der Waals surface area contributed by atoms with E-state index in [-0.39, 0.29) is 17.9 Å². The molecular weight excluding hydrogens is 200 g/mol. The number of aliphatic carboxylic acids is 1. The first-order valence-corrected chi connectivity index (χ1v) is 4.93. The van der Waals surface area contributed by atoms with Crippen LogP contribution < -0.4 is 10.6 Å². The third kappa shape index (κ3) is 2.90. The molecule has 1 heterocycles. The topological polar surface area (TPSA) is 98.7 Å². The standard InChI is InChI=1S/C9H16N2O4/c1-5-6(2-3-10-5)8(13)11-7(4-12)9(14)15/h5-7,10,12H,2-4H2,1H3,(H,11,13)(H,14,15). The molecule has 6 heteroatoms. The third-order valence-electron chi connectivity index (χ3n) is 2.66. The predicted octanol–water partition coefficient (Wildman–Crippen LogP) is -1.45. The van der Waals surface area contributed by atoms with Gasteiger partial charge in [-0.3, -0.25) is 4.79 Å². The van der Waals surface area contributed by atoms with Crippen molar-refractivity contribution >= 4 is 11.9 Å². The molecule has 6 nitrogen and oxygen atoms in total. The summed E-state index contributed by atoms with van der Waals surface area (Å²) >= 11 is 0. The summed E-state index contributed by atoms with van der Waals surface area (Å²) in [7, 11) is 0. The molecule has 86 valence electrons. The quantitative estimate of drug-likeness (QED) is 0.460. The van der Waals surface area contributed by atoms with Crippen molar-refractivity contribution in [3.63, 3.8) is 0 Å². The van der Waals surface area contributed by atoms with Crippen LogP contribution in [-0.4, -0.2) is 47.3 Å². The molecule has 1 aliphatic heterocycles. The van der Waals surface area contributed by atoms with Crippen LogP contribution in [0.15, 0.2) is 0 Å². The Morgan fingerprint density at radius 3 is 2.67 bits per heavy atom. The number of rotatable bonds is 4. The highest BCUT2D eigenvalue weighted by Gasteiger charge is 2.31. The van der Waals surface area contributed by atoms with Crippen molar-refractivity contribution < 1.29 is 19.8 Å². The van der Waals surface area contributed by atoms with E-state index in [9.17, 15) is 9.59 Å². The number of hydrogen-bond acceptors (Lipinski definition) is 4. The second-order valence-corrected chi connectivity index (χ2v) is 3.72. The van der Waals surface area contributed by atoms with Gasteiger partial charge in [0.1, 0.15) is 6.04 Å². The zero-order valence-corrected chi connectivity index (χ0v) is 8.56. The molecule has 0 bridgehead atoms. The van der Waals surface area contributed by atoms with E-state index in [1.165, 1.54) is 0 Å². The van der Waals surface area contributed by atoms with E-state index in [0.717, 1.165) is 6.54 Å². The van der Waals surface area contributed by atoms with Crippen LogP contribution in [0.1, 0.15) is 13.3 Å². The Morgan fingerprint density at radius 2 is 2.27 bits per heavy atom. The Kier molecular flexibility index (Phi) is 4.05. The monoisotopic (exact) mass is 216 g/mol. The molecule has 0 aromatic rings. The van der Waals surface area contributed by atoms with Gasteiger partial charge < -0.3 is 20.8 Å². The lowest BCUT2D eigenvalue weighted by molar-refractivity contribution is -0.143. The molecule has 1 rings (SSSR count). The van der Waals surface area contributed by atoms with Gasteiger partial charge in [0.25, 0.3) is 0 Å². The van der Waals surface area contributed by atoms with Gasteiger partial charge in [-0.1, -0.05) is 0 Å². The molecule has 1 amide bonds. The summed E-state index contributed by atoms with van der Waals surface area (Å²) in [5, 5.41) is 22.8. The summed E-state index contributed by atoms with van der Waals surface area (Å²) in [5.74, 6) is -1.74. The molecule has 1 aliphatic rings. The number of carbonyl (C=O) groups is 2. The van der Waals surface area contributed by atoms with E-state index in [4.69, 9.17) is 10.2 Å². The summed E-state index contributed by atoms with van der Waals surface area (Å²) in [4.78, 5) is 22.2. The highest BCUT2D eigenvalue weighted by atomic mass is 16.4. The second kappa shape index (κ2) is 5.09. The molecular formula is C9H16N2O4. The van der Waals surface area contributed by atoms with Gasteiger partial charge in [-0.05, 0) is 19.9 Å². The minimum Gasteiger partial charge on any atom is -0.480 e. The Bertz CT molecular complexity index is 256. The summed E-state index contributed by atoms with van der Waals surface area (Å²) in [6, 6.07) is -1.15. The Labute approximate surface area is 87.7 Å². The van der Waals surface area contributed by atoms with E-state index >= 15 is 0 Å². The van der Waals surface area contributed by atoms with Crippen LogP contribution in [0.2, 0.25) is 0 Å². The highest BCUT2D eigenvalue weighted by molar-refractivity contribution is 5.85. The molecule has 15 heavy (non-hydrogen) atoms. The van der Waals surface area contributed by atoms with Gasteiger partial charge in [0.2, 0.25) is 5.91 Å². The minimum absolute atomic E-state index is 0.0538. The van der Waals surface area contributed by atoms with Gasteiger partial charge in [-0.2, -0.15) is 0 Å². The summed E-state index contributed by atoms with van der Waals surface area (Å²) in [5.41, 5.74) is 0. The smallest absolute Gasteiger partial charge is 0.328 e. The summed E-state index contributed by atoms with van der Waals surface area (Å²) in [6.45, 7) is 2.05. The maximum Gasteiger partial charge on any atom is 0.328 e. The molecule has 0 aliphatic carbocycles. The first-order chi connectivity index (χ1) is 7.06. The van der Waals surface area contributed by atoms with Crippen LogP contribution in [0.5, 0.6) is 0 Å². The molecule has 4 N–H and O–H groups in total. The number of nitrogens with one attached hydrogen (secondary N) is 2. The lowest BCUT2D eigenvalue weighted by atomic mass is 10.0. The number of aliphatic hydroxyl groups is 1. The van der Waals surface area contributed by atoms with Crippen molar-refractivity contribution in [2.75, 3.05) is 13.2 Å². The number of hydrogen-bond donors (Lipinski definition) is 4. The fourth-order valence-corrected chi connectivity index (χ4v) is 1.68. The lowest BCUT2D eigenvalue weighted by Crippen LogP contribution is -2.47. The van der Waals surface area contributed by atoms with Crippen molar-refractivity contribution in [3.05, 3.63) is 0 Å². The zero-order chi connectivity index (χ0) is 11.4. The van der Waals surface area contributed by atoms with Crippen molar-refractivity contribution in [2.45, 2.75) is 25.4 Å². The SMILES string of the molecule is CC1NCCC1C(=O)NC(CO)C(=O)O. The van der Waals surface area contributed by atoms with E-state index in [2.05, 4.69) is 10.6 Å². The molecule has 0 radical (unpaired) electrons. The first kappa shape index (κ1) is 11.9. The maximum absolute atomic E-state index is 11.6. The summed E-state index contributed by atoms with van der Waals surface area (Å²) < 4.78 is 0. The molecule has 0 aromatic carbocycles. The number of amides is 1. The van der Waals surface area contributed by atoms with Crippen molar-refractivity contribution in [1.82, 2.24) is 10.6 Å². The molecule has 1 saturated heterocycles. The van der Waals surface area contributed by atoms with E-state index < -0.39 is 18.6 Å². The van der Waals surface area contributed by atoms with E-state index in [0.29, 0.717) is 6.42 Å². The second-order valence-electron chi connectivity index (χ2n) is 3.72. The summed E-state index contributed by atoms with van der Waals surface area (Å²) in [6.07, 6.45) is 0.699. The van der Waals surface area contributed by atoms with Crippen LogP contribution in [0.25, 0.3) is 0 Å². The van der Waals surface area contributed by atoms with Gasteiger partial charge >= 0.3 is 5.97 Å². The van der Waals surface area contributed by atoms with Crippen LogP contribution >= 0.6 is 0 Å². The molecule has 0 saturated carbocycles. The van der Waals surface area contributed by atoms with Crippen LogP contribution in [0, 0.1) is 5.92 Å². The van der Waals surface area contributed by atoms with Crippen molar-refractivity contribution in [3.8, 4) is 0 Å². The third-order valence-corrected chi connectivity index (χ3v) is 2.66. The van der Waals surface area contributed by atoms with E-state index in [1.54, 1.807) is 0 Å². The Balaban J connectivity index is 2.50. The lowest BCUT2D eigenvalue weighted by Gasteiger charge is -2.17. The normalized spacial score (nSPS) is 27.3.